The lowest BCUT2D eigenvalue weighted by molar-refractivity contribution is -0.138. The number of halogens is 5. The van der Waals surface area contributed by atoms with Crippen LogP contribution in [-0.2, 0) is 4.74 Å². The number of thiazole rings is 1. The van der Waals surface area contributed by atoms with Gasteiger partial charge >= 0.3 is 12.1 Å². The topological polar surface area (TPSA) is 87.6 Å². The first-order valence-corrected chi connectivity index (χ1v) is 13.1. The molecule has 0 amide bonds. The highest BCUT2D eigenvalue weighted by molar-refractivity contribution is 7.17. The molecule has 7 nitrogen and oxygen atoms in total. The lowest BCUT2D eigenvalue weighted by Crippen LogP contribution is -2.33. The summed E-state index contributed by atoms with van der Waals surface area (Å²) in [5.74, 6) is -1.10. The van der Waals surface area contributed by atoms with Gasteiger partial charge in [-0.2, -0.15) is 13.2 Å². The third-order valence-corrected chi connectivity index (χ3v) is 7.95. The van der Waals surface area contributed by atoms with E-state index in [0.717, 1.165) is 62.6 Å². The highest BCUT2D eigenvalue weighted by Gasteiger charge is 2.45. The normalized spacial score (nSPS) is 21.4. The standard InChI is InChI=1S/C24H29F5N4O3S/c1-3-4-9-36-23(35)21-32-18(22(34)33-13-5-6-14(33)8-7-13)19(37-21)16-11-30-17(10-15(16)20(25)26)31-12(2)24(27,28)29/h10-14,20,22,34H,3-9H2,1-2H3,(H,30,31)/t12-,13?,14?,22?/m0/s1. The molecule has 4 heterocycles. The number of ether oxygens (including phenoxy) is 1. The molecule has 2 aromatic heterocycles. The van der Waals surface area contributed by atoms with Gasteiger partial charge in [0.05, 0.1) is 11.5 Å². The number of carbonyl (C=O) groups is 1. The second-order valence-corrected chi connectivity index (χ2v) is 10.4. The number of aliphatic hydroxyl groups excluding tert-OH is 1. The van der Waals surface area contributed by atoms with Crippen LogP contribution in [-0.4, -0.2) is 56.9 Å². The fourth-order valence-corrected chi connectivity index (χ4v) is 5.89. The SMILES string of the molecule is CCCCOC(=O)c1nc(C(O)N2C3CCC2CC3)c(-c2cnc(N[C@@H](C)C(F)(F)F)cc2C(F)F)s1. The number of hydrogen-bond acceptors (Lipinski definition) is 8. The summed E-state index contributed by atoms with van der Waals surface area (Å²) in [4.78, 5) is 22.9. The Kier molecular flexibility index (Phi) is 8.34. The van der Waals surface area contributed by atoms with Crippen molar-refractivity contribution in [3.63, 3.8) is 0 Å². The second-order valence-electron chi connectivity index (χ2n) is 9.37. The number of unbranched alkanes of at least 4 members (excludes halogenated alkanes) is 1. The Bertz CT molecular complexity index is 1090. The lowest BCUT2D eigenvalue weighted by atomic mass is 10.0. The highest BCUT2D eigenvalue weighted by Crippen LogP contribution is 2.46. The van der Waals surface area contributed by atoms with E-state index in [1.54, 1.807) is 0 Å². The Hall–Kier alpha value is -2.38. The number of nitrogens with one attached hydrogen (secondary N) is 1. The minimum Gasteiger partial charge on any atom is -0.460 e. The van der Waals surface area contributed by atoms with Gasteiger partial charge in [0.2, 0.25) is 5.01 Å². The van der Waals surface area contributed by atoms with E-state index in [0.29, 0.717) is 6.42 Å². The van der Waals surface area contributed by atoms with Crippen LogP contribution >= 0.6 is 11.3 Å². The van der Waals surface area contributed by atoms with E-state index in [4.69, 9.17) is 4.74 Å². The van der Waals surface area contributed by atoms with Crippen LogP contribution in [0.3, 0.4) is 0 Å². The Morgan fingerprint density at radius 3 is 2.49 bits per heavy atom. The molecular formula is C24H29F5N4O3S. The maximum atomic E-state index is 14.1. The van der Waals surface area contributed by atoms with Crippen LogP contribution in [0, 0.1) is 0 Å². The maximum Gasteiger partial charge on any atom is 0.408 e. The van der Waals surface area contributed by atoms with Gasteiger partial charge in [0.1, 0.15) is 17.6 Å². The van der Waals surface area contributed by atoms with Crippen LogP contribution < -0.4 is 5.32 Å². The predicted molar refractivity (Wildman–Crippen MR) is 127 cm³/mol. The third kappa shape index (κ3) is 5.88. The van der Waals surface area contributed by atoms with Crippen molar-refractivity contribution in [1.82, 2.24) is 14.9 Å². The average Bonchev–Trinajstić information content (AvgIpc) is 3.57. The van der Waals surface area contributed by atoms with Gasteiger partial charge in [-0.1, -0.05) is 13.3 Å². The molecule has 2 bridgehead atoms. The molecule has 0 radical (unpaired) electrons. The molecular weight excluding hydrogens is 519 g/mol. The number of fused-ring (bicyclic) bond motifs is 2. The minimum absolute atomic E-state index is 0.0410. The minimum atomic E-state index is -4.59. The van der Waals surface area contributed by atoms with Crippen LogP contribution in [0.25, 0.3) is 10.4 Å². The number of carbonyl (C=O) groups excluding carboxylic acids is 1. The van der Waals surface area contributed by atoms with Crippen LogP contribution in [0.5, 0.6) is 0 Å². The number of aromatic nitrogens is 2. The number of hydrogen-bond donors (Lipinski definition) is 2. The van der Waals surface area contributed by atoms with Crippen molar-refractivity contribution >= 4 is 23.1 Å². The first-order chi connectivity index (χ1) is 17.5. The highest BCUT2D eigenvalue weighted by atomic mass is 32.1. The van der Waals surface area contributed by atoms with E-state index in [-0.39, 0.29) is 45.7 Å². The van der Waals surface area contributed by atoms with Gasteiger partial charge in [-0.05, 0) is 45.1 Å². The van der Waals surface area contributed by atoms with Crippen molar-refractivity contribution < 1.29 is 36.6 Å². The Morgan fingerprint density at radius 1 is 1.27 bits per heavy atom. The molecule has 13 heteroatoms. The zero-order valence-electron chi connectivity index (χ0n) is 20.4. The lowest BCUT2D eigenvalue weighted by Gasteiger charge is -2.27. The Labute approximate surface area is 215 Å². The largest absolute Gasteiger partial charge is 0.460 e. The molecule has 2 saturated heterocycles. The van der Waals surface area contributed by atoms with Gasteiger partial charge in [0, 0.05) is 29.4 Å². The average molecular weight is 549 g/mol. The zero-order valence-corrected chi connectivity index (χ0v) is 21.2. The van der Waals surface area contributed by atoms with Crippen molar-refractivity contribution in [2.45, 2.75) is 89.3 Å². The quantitative estimate of drug-likeness (QED) is 0.211. The summed E-state index contributed by atoms with van der Waals surface area (Å²) >= 11 is 0.798. The van der Waals surface area contributed by atoms with E-state index in [2.05, 4.69) is 15.3 Å². The molecule has 2 atom stereocenters. The molecule has 2 fully saturated rings. The number of rotatable bonds is 10. The van der Waals surface area contributed by atoms with E-state index in [9.17, 15) is 31.9 Å². The number of pyridine rings is 1. The summed E-state index contributed by atoms with van der Waals surface area (Å²) in [6.07, 6.45) is -2.83. The molecule has 2 aliphatic heterocycles. The van der Waals surface area contributed by atoms with Crippen LogP contribution in [0.15, 0.2) is 12.3 Å². The van der Waals surface area contributed by atoms with Gasteiger partial charge in [0.15, 0.2) is 6.23 Å². The van der Waals surface area contributed by atoms with Gasteiger partial charge < -0.3 is 15.2 Å². The summed E-state index contributed by atoms with van der Waals surface area (Å²) in [6, 6.07) is -0.903. The van der Waals surface area contributed by atoms with Crippen molar-refractivity contribution in [2.75, 3.05) is 11.9 Å². The fourth-order valence-electron chi connectivity index (χ4n) is 4.88. The van der Waals surface area contributed by atoms with E-state index in [1.165, 1.54) is 0 Å². The predicted octanol–water partition coefficient (Wildman–Crippen LogP) is 6.08. The number of aliphatic hydroxyl groups is 1. The van der Waals surface area contributed by atoms with Crippen molar-refractivity contribution in [3.05, 3.63) is 28.5 Å². The van der Waals surface area contributed by atoms with Gasteiger partial charge in [-0.25, -0.2) is 23.5 Å². The summed E-state index contributed by atoms with van der Waals surface area (Å²) in [6.45, 7) is 2.96. The van der Waals surface area contributed by atoms with Crippen molar-refractivity contribution in [2.24, 2.45) is 0 Å². The summed E-state index contributed by atoms with van der Waals surface area (Å²) < 4.78 is 72.4. The summed E-state index contributed by atoms with van der Waals surface area (Å²) in [5, 5.41) is 13.3. The van der Waals surface area contributed by atoms with Gasteiger partial charge in [-0.3, -0.25) is 4.90 Å². The van der Waals surface area contributed by atoms with E-state index >= 15 is 0 Å². The van der Waals surface area contributed by atoms with Crippen molar-refractivity contribution in [3.8, 4) is 10.4 Å². The van der Waals surface area contributed by atoms with Crippen LogP contribution in [0.1, 0.15) is 86.1 Å². The van der Waals surface area contributed by atoms with Crippen LogP contribution in [0.2, 0.25) is 0 Å². The monoisotopic (exact) mass is 548 g/mol. The third-order valence-electron chi connectivity index (χ3n) is 6.87. The molecule has 1 unspecified atom stereocenters. The molecule has 2 N–H and O–H groups in total. The molecule has 0 spiro atoms. The number of nitrogens with zero attached hydrogens (tertiary/aromatic N) is 3. The smallest absolute Gasteiger partial charge is 0.408 e. The molecule has 4 rings (SSSR count). The molecule has 37 heavy (non-hydrogen) atoms. The Balaban J connectivity index is 1.73. The molecule has 0 aliphatic carbocycles. The molecule has 204 valence electrons. The van der Waals surface area contributed by atoms with Crippen LogP contribution in [0.4, 0.5) is 27.8 Å². The first kappa shape index (κ1) is 27.6. The number of esters is 1. The molecule has 0 saturated carbocycles. The molecule has 2 aromatic rings. The zero-order chi connectivity index (χ0) is 26.9. The number of anilines is 1. The maximum absolute atomic E-state index is 14.1. The molecule has 0 aromatic carbocycles. The summed E-state index contributed by atoms with van der Waals surface area (Å²) in [7, 11) is 0. The second kappa shape index (κ2) is 11.2. The molecule has 2 aliphatic rings. The summed E-state index contributed by atoms with van der Waals surface area (Å²) in [5.41, 5.74) is -0.649. The van der Waals surface area contributed by atoms with Crippen molar-refractivity contribution in [1.29, 1.82) is 0 Å². The fraction of sp³-hybridized carbons (Fsp3) is 0.625. The van der Waals surface area contributed by atoms with Gasteiger partial charge in [-0.15, -0.1) is 11.3 Å². The first-order valence-electron chi connectivity index (χ1n) is 12.3. The number of alkyl halides is 5. The van der Waals surface area contributed by atoms with E-state index < -0.39 is 36.4 Å². The van der Waals surface area contributed by atoms with Gasteiger partial charge in [0.25, 0.3) is 6.43 Å². The van der Waals surface area contributed by atoms with E-state index in [1.807, 2.05) is 11.8 Å². The Morgan fingerprint density at radius 2 is 1.92 bits per heavy atom.